The lowest BCUT2D eigenvalue weighted by Gasteiger charge is -2.11. The highest BCUT2D eigenvalue weighted by atomic mass is 16.2. The molecular weight excluding hydrogens is 268 g/mol. The number of rotatable bonds is 3. The monoisotopic (exact) mass is 286 g/mol. The third-order valence-electron chi connectivity index (χ3n) is 3.13. The zero-order chi connectivity index (χ0) is 15.2. The van der Waals surface area contributed by atoms with E-state index in [9.17, 15) is 9.59 Å². The number of benzene rings is 1. The summed E-state index contributed by atoms with van der Waals surface area (Å²) in [5.41, 5.74) is 2.43. The molecule has 1 heterocycles. The van der Waals surface area contributed by atoms with Gasteiger partial charge in [0.25, 0.3) is 0 Å². The fourth-order valence-electron chi connectivity index (χ4n) is 2.19. The first kappa shape index (κ1) is 15.1. The van der Waals surface area contributed by atoms with Crippen LogP contribution in [0.3, 0.4) is 0 Å². The van der Waals surface area contributed by atoms with Gasteiger partial charge < -0.3 is 15.7 Å². The Morgan fingerprint density at radius 2 is 2.29 bits per heavy atom. The fourth-order valence-corrected chi connectivity index (χ4v) is 2.19. The van der Waals surface area contributed by atoms with Gasteiger partial charge in [-0.3, -0.25) is 9.59 Å². The molecule has 1 aromatic carbocycles. The number of aliphatic hydroxyl groups is 1. The van der Waals surface area contributed by atoms with Gasteiger partial charge in [0.15, 0.2) is 0 Å². The van der Waals surface area contributed by atoms with E-state index in [2.05, 4.69) is 22.5 Å². The minimum atomic E-state index is -0.457. The topological polar surface area (TPSA) is 78.4 Å². The van der Waals surface area contributed by atoms with Crippen LogP contribution in [-0.2, 0) is 9.59 Å². The fraction of sp³-hybridized carbons (Fsp3) is 0.375. The first-order chi connectivity index (χ1) is 10.1. The SMILES string of the molecule is Cc1cc(C#CCCO)cc(NC(=O)C2CCC(=O)N2)c1. The lowest BCUT2D eigenvalue weighted by Crippen LogP contribution is -2.37. The van der Waals surface area contributed by atoms with Crippen molar-refractivity contribution in [3.8, 4) is 11.8 Å². The van der Waals surface area contributed by atoms with E-state index in [-0.39, 0.29) is 18.4 Å². The van der Waals surface area contributed by atoms with Crippen LogP contribution >= 0.6 is 0 Å². The molecule has 3 N–H and O–H groups in total. The Morgan fingerprint density at radius 1 is 1.48 bits per heavy atom. The first-order valence-corrected chi connectivity index (χ1v) is 6.90. The van der Waals surface area contributed by atoms with E-state index in [1.165, 1.54) is 0 Å². The average Bonchev–Trinajstić information content (AvgIpc) is 2.85. The summed E-state index contributed by atoms with van der Waals surface area (Å²) >= 11 is 0. The summed E-state index contributed by atoms with van der Waals surface area (Å²) in [5, 5.41) is 14.2. The van der Waals surface area contributed by atoms with Crippen molar-refractivity contribution in [2.45, 2.75) is 32.2 Å². The van der Waals surface area contributed by atoms with Crippen LogP contribution in [0.5, 0.6) is 0 Å². The summed E-state index contributed by atoms with van der Waals surface area (Å²) in [6, 6.07) is 5.09. The quantitative estimate of drug-likeness (QED) is 0.724. The standard InChI is InChI=1S/C16H18N2O3/c1-11-8-12(4-2-3-7-19)10-13(9-11)17-16(21)14-5-6-15(20)18-14/h8-10,14,19H,3,5-7H2,1H3,(H,17,21)(H,18,20). The molecule has 1 unspecified atom stereocenters. The van der Waals surface area contributed by atoms with Gasteiger partial charge in [0, 0.05) is 24.1 Å². The number of hydrogen-bond acceptors (Lipinski definition) is 3. The average molecular weight is 286 g/mol. The highest BCUT2D eigenvalue weighted by Crippen LogP contribution is 2.16. The smallest absolute Gasteiger partial charge is 0.246 e. The lowest BCUT2D eigenvalue weighted by molar-refractivity contribution is -0.122. The molecule has 0 spiro atoms. The van der Waals surface area contributed by atoms with Crippen molar-refractivity contribution in [1.29, 1.82) is 0 Å². The number of carbonyl (C=O) groups excluding carboxylic acids is 2. The van der Waals surface area contributed by atoms with Crippen LogP contribution in [0.25, 0.3) is 0 Å². The van der Waals surface area contributed by atoms with E-state index in [1.807, 2.05) is 19.1 Å². The third-order valence-corrected chi connectivity index (χ3v) is 3.13. The molecule has 0 aliphatic carbocycles. The number of aryl methyl sites for hydroxylation is 1. The molecule has 2 rings (SSSR count). The van der Waals surface area contributed by atoms with E-state index in [0.29, 0.717) is 24.9 Å². The molecule has 1 fully saturated rings. The Morgan fingerprint density at radius 3 is 2.95 bits per heavy atom. The van der Waals surface area contributed by atoms with E-state index < -0.39 is 6.04 Å². The molecule has 0 radical (unpaired) electrons. The van der Waals surface area contributed by atoms with Crippen molar-refractivity contribution in [1.82, 2.24) is 5.32 Å². The van der Waals surface area contributed by atoms with Crippen molar-refractivity contribution in [3.63, 3.8) is 0 Å². The summed E-state index contributed by atoms with van der Waals surface area (Å²) in [4.78, 5) is 23.2. The van der Waals surface area contributed by atoms with Crippen LogP contribution in [0.2, 0.25) is 0 Å². The van der Waals surface area contributed by atoms with Gasteiger partial charge in [-0.2, -0.15) is 0 Å². The normalized spacial score (nSPS) is 16.9. The van der Waals surface area contributed by atoms with Gasteiger partial charge in [0.05, 0.1) is 6.61 Å². The molecule has 5 heteroatoms. The van der Waals surface area contributed by atoms with Crippen LogP contribution in [0, 0.1) is 18.8 Å². The van der Waals surface area contributed by atoms with Crippen LogP contribution in [0.15, 0.2) is 18.2 Å². The Hall–Kier alpha value is -2.32. The Bertz CT molecular complexity index is 614. The van der Waals surface area contributed by atoms with Crippen molar-refractivity contribution >= 4 is 17.5 Å². The zero-order valence-electron chi connectivity index (χ0n) is 11.9. The Balaban J connectivity index is 2.08. The second-order valence-corrected chi connectivity index (χ2v) is 5.01. The minimum absolute atomic E-state index is 0.0315. The van der Waals surface area contributed by atoms with Gasteiger partial charge in [-0.05, 0) is 37.1 Å². The van der Waals surface area contributed by atoms with Crippen LogP contribution < -0.4 is 10.6 Å². The summed E-state index contributed by atoms with van der Waals surface area (Å²) in [6.45, 7) is 1.95. The largest absolute Gasteiger partial charge is 0.395 e. The lowest BCUT2D eigenvalue weighted by atomic mass is 10.1. The molecule has 1 aliphatic heterocycles. The summed E-state index contributed by atoms with van der Waals surface area (Å²) < 4.78 is 0. The minimum Gasteiger partial charge on any atom is -0.395 e. The molecule has 1 aliphatic rings. The molecule has 1 atom stereocenters. The van der Waals surface area contributed by atoms with Crippen LogP contribution in [0.1, 0.15) is 30.4 Å². The molecule has 2 amide bonds. The second-order valence-electron chi connectivity index (χ2n) is 5.01. The number of nitrogens with one attached hydrogen (secondary N) is 2. The maximum atomic E-state index is 12.0. The predicted octanol–water partition coefficient (Wildman–Crippen LogP) is 0.946. The maximum Gasteiger partial charge on any atom is 0.246 e. The van der Waals surface area contributed by atoms with Crippen molar-refractivity contribution in [2.75, 3.05) is 11.9 Å². The van der Waals surface area contributed by atoms with Gasteiger partial charge in [0.1, 0.15) is 6.04 Å². The van der Waals surface area contributed by atoms with E-state index >= 15 is 0 Å². The van der Waals surface area contributed by atoms with E-state index in [0.717, 1.165) is 11.1 Å². The molecule has 0 saturated carbocycles. The van der Waals surface area contributed by atoms with Crippen molar-refractivity contribution < 1.29 is 14.7 Å². The van der Waals surface area contributed by atoms with Gasteiger partial charge >= 0.3 is 0 Å². The molecule has 1 saturated heterocycles. The van der Waals surface area contributed by atoms with Gasteiger partial charge in [0.2, 0.25) is 11.8 Å². The molecule has 0 aromatic heterocycles. The number of carbonyl (C=O) groups is 2. The highest BCUT2D eigenvalue weighted by Gasteiger charge is 2.27. The number of amides is 2. The van der Waals surface area contributed by atoms with Crippen LogP contribution in [-0.4, -0.2) is 29.6 Å². The summed E-state index contributed by atoms with van der Waals surface area (Å²) in [5.74, 6) is 5.50. The van der Waals surface area contributed by atoms with Gasteiger partial charge in [-0.1, -0.05) is 11.8 Å². The highest BCUT2D eigenvalue weighted by molar-refractivity contribution is 5.99. The Kier molecular flexibility index (Phi) is 4.96. The Labute approximate surface area is 123 Å². The third kappa shape index (κ3) is 4.33. The van der Waals surface area contributed by atoms with Gasteiger partial charge in [-0.25, -0.2) is 0 Å². The summed E-state index contributed by atoms with van der Waals surface area (Å²) in [7, 11) is 0. The molecule has 21 heavy (non-hydrogen) atoms. The summed E-state index contributed by atoms with van der Waals surface area (Å²) in [6.07, 6.45) is 1.34. The van der Waals surface area contributed by atoms with E-state index in [4.69, 9.17) is 5.11 Å². The van der Waals surface area contributed by atoms with Crippen molar-refractivity contribution in [2.24, 2.45) is 0 Å². The predicted molar refractivity (Wildman–Crippen MR) is 79.6 cm³/mol. The van der Waals surface area contributed by atoms with Crippen molar-refractivity contribution in [3.05, 3.63) is 29.3 Å². The number of anilines is 1. The molecule has 110 valence electrons. The first-order valence-electron chi connectivity index (χ1n) is 6.90. The van der Waals surface area contributed by atoms with Crippen LogP contribution in [0.4, 0.5) is 5.69 Å². The number of hydrogen-bond donors (Lipinski definition) is 3. The number of aliphatic hydroxyl groups excluding tert-OH is 1. The molecular formula is C16H18N2O3. The van der Waals surface area contributed by atoms with E-state index in [1.54, 1.807) is 6.07 Å². The molecule has 0 bridgehead atoms. The molecule has 1 aromatic rings. The maximum absolute atomic E-state index is 12.0. The molecule has 5 nitrogen and oxygen atoms in total. The second kappa shape index (κ2) is 6.91. The van der Waals surface area contributed by atoms with Gasteiger partial charge in [-0.15, -0.1) is 0 Å². The zero-order valence-corrected chi connectivity index (χ0v) is 11.9.